The molecule has 0 radical (unpaired) electrons. The van der Waals surface area contributed by atoms with Crippen LogP contribution in [0.2, 0.25) is 0 Å². The summed E-state index contributed by atoms with van der Waals surface area (Å²) in [7, 11) is 3.61. The lowest BCUT2D eigenvalue weighted by atomic mass is 9.95. The number of alkyl halides is 1. The fraction of sp³-hybridized carbons (Fsp3) is 0.382. The number of ketones is 1. The van der Waals surface area contributed by atoms with Crippen LogP contribution in [0.15, 0.2) is 40.9 Å². The van der Waals surface area contributed by atoms with Gasteiger partial charge in [-0.25, -0.2) is 22.9 Å². The summed E-state index contributed by atoms with van der Waals surface area (Å²) in [6.45, 7) is 7.54. The third kappa shape index (κ3) is 6.78. The molecular weight excluding hydrogens is 633 g/mol. The molecule has 14 heteroatoms. The Labute approximate surface area is 275 Å². The number of fused-ring (bicyclic) bond motifs is 1. The summed E-state index contributed by atoms with van der Waals surface area (Å²) in [5, 5.41) is 14.0. The van der Waals surface area contributed by atoms with E-state index in [2.05, 4.69) is 10.3 Å². The number of ether oxygens (including phenoxy) is 3. The van der Waals surface area contributed by atoms with Gasteiger partial charge in [0.1, 0.15) is 34.1 Å². The fourth-order valence-electron chi connectivity index (χ4n) is 5.36. The highest BCUT2D eigenvalue weighted by Gasteiger charge is 2.35. The normalized spacial score (nSPS) is 14.5. The Balaban J connectivity index is 1.57. The van der Waals surface area contributed by atoms with Gasteiger partial charge in [-0.15, -0.1) is 0 Å². The van der Waals surface area contributed by atoms with Crippen LogP contribution in [0.4, 0.5) is 40.8 Å². The first kappa shape index (κ1) is 34.2. The molecule has 0 bridgehead atoms. The van der Waals surface area contributed by atoms with Crippen LogP contribution in [0.5, 0.6) is 17.2 Å². The van der Waals surface area contributed by atoms with Crippen molar-refractivity contribution in [2.24, 2.45) is 0 Å². The first-order valence-electron chi connectivity index (χ1n) is 15.1. The number of rotatable bonds is 8. The summed E-state index contributed by atoms with van der Waals surface area (Å²) < 4.78 is 66.4. The number of methoxy groups -OCH3 is 2. The Morgan fingerprint density at radius 1 is 1.06 bits per heavy atom. The van der Waals surface area contributed by atoms with Crippen LogP contribution in [-0.2, 0) is 4.74 Å². The second kappa shape index (κ2) is 12.8. The molecule has 0 atom stereocenters. The van der Waals surface area contributed by atoms with Gasteiger partial charge in [-0.2, -0.15) is 0 Å². The third-order valence-electron chi connectivity index (χ3n) is 7.97. The lowest BCUT2D eigenvalue weighted by Gasteiger charge is -2.35. The number of halogens is 3. The number of hydrogen-bond acceptors (Lipinski definition) is 10. The number of anilines is 4. The Kier molecular flexibility index (Phi) is 9.13. The van der Waals surface area contributed by atoms with E-state index in [1.807, 2.05) is 4.90 Å². The van der Waals surface area contributed by atoms with E-state index in [1.54, 1.807) is 45.9 Å². The number of amides is 1. The van der Waals surface area contributed by atoms with Gasteiger partial charge >= 0.3 is 6.09 Å². The summed E-state index contributed by atoms with van der Waals surface area (Å²) in [5.74, 6) is -5.24. The number of furan rings is 1. The first-order chi connectivity index (χ1) is 22.5. The maximum atomic E-state index is 15.4. The largest absolute Gasteiger partial charge is 0.506 e. The number of phenolic OH excluding ortho intramolecular Hbond substituents is 1. The van der Waals surface area contributed by atoms with Gasteiger partial charge < -0.3 is 34.0 Å². The second-order valence-electron chi connectivity index (χ2n) is 12.7. The number of hydrogen-bond donors (Lipinski definition) is 2. The maximum Gasteiger partial charge on any atom is 0.414 e. The molecule has 1 saturated heterocycles. The highest BCUT2D eigenvalue weighted by Crippen LogP contribution is 2.41. The van der Waals surface area contributed by atoms with Crippen LogP contribution >= 0.6 is 0 Å². The van der Waals surface area contributed by atoms with Crippen molar-refractivity contribution in [1.82, 2.24) is 4.98 Å². The molecule has 2 aromatic carbocycles. The molecular formula is C34H37F3N4O7. The second-order valence-corrected chi connectivity index (χ2v) is 12.7. The quantitative estimate of drug-likeness (QED) is 0.144. The van der Waals surface area contributed by atoms with Crippen LogP contribution in [-0.4, -0.2) is 67.6 Å². The van der Waals surface area contributed by atoms with Crippen LogP contribution in [0, 0.1) is 11.6 Å². The molecule has 3 heterocycles. The summed E-state index contributed by atoms with van der Waals surface area (Å²) in [6, 6.07) is 7.39. The lowest BCUT2D eigenvalue weighted by Crippen LogP contribution is -2.40. The van der Waals surface area contributed by atoms with E-state index in [1.165, 1.54) is 19.3 Å². The van der Waals surface area contributed by atoms with Crippen molar-refractivity contribution in [3.8, 4) is 17.2 Å². The zero-order valence-corrected chi connectivity index (χ0v) is 27.7. The Morgan fingerprint density at radius 2 is 1.69 bits per heavy atom. The number of piperidine rings is 1. The number of pyridine rings is 1. The predicted octanol–water partition coefficient (Wildman–Crippen LogP) is 7.50. The molecule has 1 amide bonds. The number of nitrogens with zero attached hydrogens (tertiary/aromatic N) is 3. The monoisotopic (exact) mass is 670 g/mol. The molecule has 256 valence electrons. The molecule has 4 aromatic rings. The van der Waals surface area contributed by atoms with Crippen LogP contribution in [0.3, 0.4) is 0 Å². The average molecular weight is 671 g/mol. The zero-order chi connectivity index (χ0) is 35.1. The summed E-state index contributed by atoms with van der Waals surface area (Å²) in [5.41, 5.74) is -2.30. The van der Waals surface area contributed by atoms with E-state index >= 15 is 8.78 Å². The zero-order valence-electron chi connectivity index (χ0n) is 27.7. The number of carbonyl (C=O) groups excluding carboxylic acids is 2. The van der Waals surface area contributed by atoms with Crippen LogP contribution in [0.25, 0.3) is 11.0 Å². The summed E-state index contributed by atoms with van der Waals surface area (Å²) in [6.07, 6.45) is 1.12. The van der Waals surface area contributed by atoms with E-state index in [9.17, 15) is 19.1 Å². The minimum Gasteiger partial charge on any atom is -0.506 e. The van der Waals surface area contributed by atoms with Gasteiger partial charge in [0.2, 0.25) is 5.78 Å². The number of aromatic hydroxyl groups is 1. The molecule has 11 nitrogen and oxygen atoms in total. The molecule has 1 fully saturated rings. The van der Waals surface area contributed by atoms with Crippen molar-refractivity contribution in [2.45, 2.75) is 51.8 Å². The molecule has 0 unspecified atom stereocenters. The van der Waals surface area contributed by atoms with Crippen molar-refractivity contribution < 1.29 is 46.5 Å². The highest BCUT2D eigenvalue weighted by atomic mass is 19.1. The standard InChI is InChI=1S/C34H37F3N4O7/c1-33(2,3)48-32(44)40(5)29-19-15-25(39-20-9-8-18(14-21(20)42)41-12-10-34(4,37)11-13-41)38-17-24(19)47-31(29)30(43)26-27(35)22(45-6)16-23(46-7)28(26)36/h8-9,14-17,42H,10-13H2,1-7H3,(H,38,39). The smallest absolute Gasteiger partial charge is 0.414 e. The third-order valence-corrected chi connectivity index (χ3v) is 7.97. The number of aromatic nitrogens is 1. The van der Waals surface area contributed by atoms with Gasteiger partial charge in [-0.1, -0.05) is 0 Å². The van der Waals surface area contributed by atoms with Crippen molar-refractivity contribution in [1.29, 1.82) is 0 Å². The van der Waals surface area contributed by atoms with Gasteiger partial charge in [0.05, 0.1) is 31.5 Å². The molecule has 1 aliphatic rings. The van der Waals surface area contributed by atoms with Crippen LogP contribution < -0.4 is 24.6 Å². The minimum atomic E-state index is -1.30. The molecule has 2 aromatic heterocycles. The van der Waals surface area contributed by atoms with Gasteiger partial charge in [0, 0.05) is 38.0 Å². The van der Waals surface area contributed by atoms with E-state index in [4.69, 9.17) is 18.6 Å². The number of benzene rings is 2. The molecule has 48 heavy (non-hydrogen) atoms. The van der Waals surface area contributed by atoms with Gasteiger partial charge in [-0.3, -0.25) is 9.69 Å². The molecule has 1 aliphatic heterocycles. The SMILES string of the molecule is COc1cc(OC)c(F)c(C(=O)c2oc3cnc(Nc4ccc(N5CCC(C)(F)CC5)cc4O)cc3c2N(C)C(=O)OC(C)(C)C)c1F. The van der Waals surface area contributed by atoms with Gasteiger partial charge in [0.25, 0.3) is 0 Å². The lowest BCUT2D eigenvalue weighted by molar-refractivity contribution is 0.0589. The highest BCUT2D eigenvalue weighted by molar-refractivity contribution is 6.17. The fourth-order valence-corrected chi connectivity index (χ4v) is 5.36. The van der Waals surface area contributed by atoms with Crippen molar-refractivity contribution >= 4 is 45.7 Å². The summed E-state index contributed by atoms with van der Waals surface area (Å²) in [4.78, 5) is 34.4. The van der Waals surface area contributed by atoms with E-state index in [0.717, 1.165) is 30.9 Å². The molecule has 5 rings (SSSR count). The van der Waals surface area contributed by atoms with E-state index < -0.39 is 57.6 Å². The Hall–Kier alpha value is -5.14. The van der Waals surface area contributed by atoms with E-state index in [0.29, 0.717) is 25.9 Å². The van der Waals surface area contributed by atoms with Crippen LogP contribution in [0.1, 0.15) is 56.7 Å². The summed E-state index contributed by atoms with van der Waals surface area (Å²) >= 11 is 0. The first-order valence-corrected chi connectivity index (χ1v) is 15.1. The van der Waals surface area contributed by atoms with Crippen molar-refractivity contribution in [3.63, 3.8) is 0 Å². The Morgan fingerprint density at radius 3 is 2.25 bits per heavy atom. The predicted molar refractivity (Wildman–Crippen MR) is 174 cm³/mol. The number of nitrogens with one attached hydrogen (secondary N) is 1. The van der Waals surface area contributed by atoms with Crippen molar-refractivity contribution in [2.75, 3.05) is 49.5 Å². The van der Waals surface area contributed by atoms with Crippen molar-refractivity contribution in [3.05, 3.63) is 59.5 Å². The Bertz CT molecular complexity index is 1850. The van der Waals surface area contributed by atoms with E-state index in [-0.39, 0.29) is 33.9 Å². The maximum absolute atomic E-state index is 15.4. The number of phenols is 1. The average Bonchev–Trinajstić information content (AvgIpc) is 3.40. The molecule has 0 saturated carbocycles. The molecule has 2 N–H and O–H groups in total. The van der Waals surface area contributed by atoms with Gasteiger partial charge in [0.15, 0.2) is 34.5 Å². The molecule has 0 spiro atoms. The topological polar surface area (TPSA) is 127 Å². The van der Waals surface area contributed by atoms with Gasteiger partial charge in [-0.05, 0) is 58.7 Å². The minimum absolute atomic E-state index is 0.00881. The molecule has 0 aliphatic carbocycles. The number of carbonyl (C=O) groups is 2.